The summed E-state index contributed by atoms with van der Waals surface area (Å²) in [5, 5.41) is 0. The summed E-state index contributed by atoms with van der Waals surface area (Å²) in [6.45, 7) is 8.13. The van der Waals surface area contributed by atoms with Crippen molar-refractivity contribution in [2.45, 2.75) is 33.6 Å². The quantitative estimate of drug-likeness (QED) is 0.201. The Morgan fingerprint density at radius 3 is 1.26 bits per heavy atom. The van der Waals surface area contributed by atoms with Crippen molar-refractivity contribution in [1.29, 1.82) is 0 Å². The summed E-state index contributed by atoms with van der Waals surface area (Å²) in [5.41, 5.74) is 23.0. The Hall–Kier alpha value is -5.03. The molecule has 0 unspecified atom stereocenters. The van der Waals surface area contributed by atoms with E-state index in [1.54, 1.807) is 12.1 Å². The molecule has 2 amide bonds. The van der Waals surface area contributed by atoms with Crippen LogP contribution in [-0.4, -0.2) is 11.8 Å². The van der Waals surface area contributed by atoms with Crippen molar-refractivity contribution in [2.75, 3.05) is 0 Å². The van der Waals surface area contributed by atoms with Crippen LogP contribution in [0.3, 0.4) is 0 Å². The predicted molar refractivity (Wildman–Crippen MR) is 167 cm³/mol. The molecule has 210 valence electrons. The van der Waals surface area contributed by atoms with Crippen LogP contribution in [0.1, 0.15) is 65.6 Å². The van der Waals surface area contributed by atoms with Gasteiger partial charge in [0.2, 0.25) is 11.8 Å². The van der Waals surface area contributed by atoms with Crippen molar-refractivity contribution in [3.63, 3.8) is 0 Å². The highest BCUT2D eigenvalue weighted by Crippen LogP contribution is 2.40. The van der Waals surface area contributed by atoms with E-state index in [2.05, 4.69) is 24.3 Å². The summed E-state index contributed by atoms with van der Waals surface area (Å²) in [7, 11) is 0. The van der Waals surface area contributed by atoms with Gasteiger partial charge in [-0.2, -0.15) is 0 Å². The van der Waals surface area contributed by atoms with E-state index >= 15 is 0 Å². The fourth-order valence-corrected chi connectivity index (χ4v) is 6.24. The van der Waals surface area contributed by atoms with Gasteiger partial charge in [0.1, 0.15) is 5.82 Å². The fraction of sp³-hybridized carbons (Fsp3) is 0.135. The number of benzene rings is 5. The highest BCUT2D eigenvalue weighted by Gasteiger charge is 2.23. The fourth-order valence-electron chi connectivity index (χ4n) is 6.24. The first-order chi connectivity index (χ1) is 20.1. The molecule has 0 heterocycles. The number of hydrogen-bond acceptors (Lipinski definition) is 2. The second kappa shape index (κ2) is 11.5. The maximum Gasteiger partial charge on any atom is 0.249 e. The Balaban J connectivity index is 1.70. The third-order valence-electron chi connectivity index (χ3n) is 7.90. The van der Waals surface area contributed by atoms with Crippen LogP contribution in [0.15, 0.2) is 97.1 Å². The van der Waals surface area contributed by atoms with Crippen molar-refractivity contribution >= 4 is 11.8 Å². The van der Waals surface area contributed by atoms with Crippen LogP contribution in [0, 0.1) is 33.5 Å². The van der Waals surface area contributed by atoms with Crippen LogP contribution in [0.2, 0.25) is 0 Å². The minimum absolute atomic E-state index is 0.193. The van der Waals surface area contributed by atoms with Gasteiger partial charge in [0.25, 0.3) is 0 Å². The first-order valence-electron chi connectivity index (χ1n) is 13.8. The third kappa shape index (κ3) is 5.34. The zero-order valence-corrected chi connectivity index (χ0v) is 24.2. The van der Waals surface area contributed by atoms with Gasteiger partial charge >= 0.3 is 0 Å². The Labute approximate surface area is 245 Å². The standard InChI is InChI=1S/C37H33FN2O2/c1-21-17-26(18-22(2)33(21)29-9-5-7-11-31(29)36(39)41)35(25-13-15-28(38)16-14-25)27-19-23(3)34(24(4)20-27)30-10-6-8-12-32(30)37(40)42/h5-20,35H,1-4H3,(H2,39,41)(H2,40,42). The molecular weight excluding hydrogens is 523 g/mol. The second-order valence-corrected chi connectivity index (χ2v) is 10.9. The summed E-state index contributed by atoms with van der Waals surface area (Å²) in [4.78, 5) is 24.4. The highest BCUT2D eigenvalue weighted by molar-refractivity contribution is 6.01. The topological polar surface area (TPSA) is 86.2 Å². The lowest BCUT2D eigenvalue weighted by atomic mass is 9.79. The smallest absolute Gasteiger partial charge is 0.249 e. The van der Waals surface area contributed by atoms with Crippen LogP contribution >= 0.6 is 0 Å². The normalized spacial score (nSPS) is 11.1. The first-order valence-corrected chi connectivity index (χ1v) is 13.8. The average Bonchev–Trinajstić information content (AvgIpc) is 2.94. The monoisotopic (exact) mass is 556 g/mol. The van der Waals surface area contributed by atoms with E-state index in [-0.39, 0.29) is 11.7 Å². The molecule has 5 heteroatoms. The maximum atomic E-state index is 14.0. The molecule has 0 aliphatic carbocycles. The van der Waals surface area contributed by atoms with E-state index in [1.807, 2.05) is 76.2 Å². The number of hydrogen-bond donors (Lipinski definition) is 2. The molecule has 0 saturated heterocycles. The summed E-state index contributed by atoms with van der Waals surface area (Å²) in [6, 6.07) is 29.9. The molecule has 0 saturated carbocycles. The van der Waals surface area contributed by atoms with Crippen molar-refractivity contribution < 1.29 is 14.0 Å². The lowest BCUT2D eigenvalue weighted by Crippen LogP contribution is -2.13. The molecular formula is C37H33FN2O2. The molecule has 0 aliphatic heterocycles. The van der Waals surface area contributed by atoms with E-state index in [1.165, 1.54) is 12.1 Å². The number of primary amides is 2. The Morgan fingerprint density at radius 1 is 0.548 bits per heavy atom. The van der Waals surface area contributed by atoms with Gasteiger partial charge in [-0.05, 0) is 113 Å². The van der Waals surface area contributed by atoms with E-state index in [9.17, 15) is 14.0 Å². The van der Waals surface area contributed by atoms with Gasteiger partial charge in [0.05, 0.1) is 0 Å². The summed E-state index contributed by atoms with van der Waals surface area (Å²) in [5.74, 6) is -1.43. The molecule has 0 atom stereocenters. The van der Waals surface area contributed by atoms with Crippen molar-refractivity contribution in [2.24, 2.45) is 11.5 Å². The van der Waals surface area contributed by atoms with Crippen molar-refractivity contribution in [3.05, 3.63) is 153 Å². The minimum Gasteiger partial charge on any atom is -0.366 e. The molecule has 4 N–H and O–H groups in total. The molecule has 0 spiro atoms. The second-order valence-electron chi connectivity index (χ2n) is 10.9. The highest BCUT2D eigenvalue weighted by atomic mass is 19.1. The predicted octanol–water partition coefficient (Wildman–Crippen LogP) is 7.77. The largest absolute Gasteiger partial charge is 0.366 e. The summed E-state index contributed by atoms with van der Waals surface area (Å²) in [6.07, 6.45) is 0. The number of halogens is 1. The molecule has 0 bridgehead atoms. The molecule has 0 aromatic heterocycles. The Morgan fingerprint density at radius 2 is 0.905 bits per heavy atom. The van der Waals surface area contributed by atoms with Crippen molar-refractivity contribution in [1.82, 2.24) is 0 Å². The number of carbonyl (C=O) groups excluding carboxylic acids is 2. The molecule has 5 aromatic carbocycles. The molecule has 4 nitrogen and oxygen atoms in total. The van der Waals surface area contributed by atoms with Gasteiger partial charge in [-0.3, -0.25) is 9.59 Å². The number of nitrogens with two attached hydrogens (primary N) is 2. The lowest BCUT2D eigenvalue weighted by molar-refractivity contribution is 0.0992. The third-order valence-corrected chi connectivity index (χ3v) is 7.90. The number of amides is 2. The van der Waals surface area contributed by atoms with E-state index in [4.69, 9.17) is 11.5 Å². The Bertz CT molecular complexity index is 1680. The zero-order chi connectivity index (χ0) is 30.1. The summed E-state index contributed by atoms with van der Waals surface area (Å²) < 4.78 is 14.0. The van der Waals surface area contributed by atoms with Crippen LogP contribution in [0.4, 0.5) is 4.39 Å². The van der Waals surface area contributed by atoms with Crippen LogP contribution in [0.5, 0.6) is 0 Å². The SMILES string of the molecule is Cc1cc(C(c2ccc(F)cc2)c2cc(C)c(-c3ccccc3C(N)=O)c(C)c2)cc(C)c1-c1ccccc1C(N)=O. The molecule has 0 radical (unpaired) electrons. The van der Waals surface area contributed by atoms with Crippen molar-refractivity contribution in [3.8, 4) is 22.3 Å². The summed E-state index contributed by atoms with van der Waals surface area (Å²) >= 11 is 0. The number of rotatable bonds is 7. The van der Waals surface area contributed by atoms with E-state index in [0.29, 0.717) is 11.1 Å². The van der Waals surface area contributed by atoms with Gasteiger partial charge in [0.15, 0.2) is 0 Å². The number of carbonyl (C=O) groups is 2. The zero-order valence-electron chi connectivity index (χ0n) is 24.2. The lowest BCUT2D eigenvalue weighted by Gasteiger charge is -2.24. The molecule has 5 rings (SSSR count). The van der Waals surface area contributed by atoms with Crippen LogP contribution in [0.25, 0.3) is 22.3 Å². The average molecular weight is 557 g/mol. The van der Waals surface area contributed by atoms with E-state index in [0.717, 1.165) is 61.2 Å². The van der Waals surface area contributed by atoms with Gasteiger partial charge in [-0.15, -0.1) is 0 Å². The molecule has 0 fully saturated rings. The van der Waals surface area contributed by atoms with Crippen LogP contribution in [-0.2, 0) is 0 Å². The minimum atomic E-state index is -0.471. The Kier molecular flexibility index (Phi) is 7.77. The van der Waals surface area contributed by atoms with E-state index < -0.39 is 11.8 Å². The van der Waals surface area contributed by atoms with Gasteiger partial charge in [0, 0.05) is 17.0 Å². The molecule has 42 heavy (non-hydrogen) atoms. The van der Waals surface area contributed by atoms with Gasteiger partial charge in [-0.25, -0.2) is 4.39 Å². The number of aryl methyl sites for hydroxylation is 4. The van der Waals surface area contributed by atoms with Gasteiger partial charge < -0.3 is 11.5 Å². The molecule has 5 aromatic rings. The molecule has 0 aliphatic rings. The first kappa shape index (κ1) is 28.5. The van der Waals surface area contributed by atoms with Gasteiger partial charge in [-0.1, -0.05) is 72.8 Å². The maximum absolute atomic E-state index is 14.0. The van der Waals surface area contributed by atoms with Crippen LogP contribution < -0.4 is 11.5 Å².